The van der Waals surface area contributed by atoms with Gasteiger partial charge in [-0.15, -0.1) is 0 Å². The lowest BCUT2D eigenvalue weighted by Crippen LogP contribution is -2.48. The van der Waals surface area contributed by atoms with E-state index in [1.807, 2.05) is 36.7 Å². The monoisotopic (exact) mass is 491 g/mol. The van der Waals surface area contributed by atoms with Gasteiger partial charge in [0.2, 0.25) is 5.91 Å². The molecule has 192 valence electrons. The standard InChI is InChI=1S/C29H37N3O4/c1-21-20-30-25-11-10-23(36-2)19-24(25)27(21)26(33)12-13-29(28(34)31-35)14-17-32(18-15-29)16-6-9-22-7-4-3-5-8-22/h3-5,7-8,10-11,19-20,26,33,35H,6,9,12-18H2,1-2H3,(H,31,34). The van der Waals surface area contributed by atoms with Gasteiger partial charge in [-0.25, -0.2) is 5.48 Å². The zero-order valence-corrected chi connectivity index (χ0v) is 21.2. The van der Waals surface area contributed by atoms with Gasteiger partial charge in [-0.05, 0) is 100.0 Å². The van der Waals surface area contributed by atoms with Crippen molar-refractivity contribution in [1.29, 1.82) is 0 Å². The Kier molecular flexibility index (Phi) is 8.56. The molecule has 1 fully saturated rings. The fourth-order valence-electron chi connectivity index (χ4n) is 5.48. The van der Waals surface area contributed by atoms with Crippen LogP contribution in [0, 0.1) is 12.3 Å². The number of aryl methyl sites for hydroxylation is 2. The van der Waals surface area contributed by atoms with E-state index in [4.69, 9.17) is 4.74 Å². The number of nitrogens with one attached hydrogen (secondary N) is 1. The molecule has 1 unspecified atom stereocenters. The fraction of sp³-hybridized carbons (Fsp3) is 0.448. The van der Waals surface area contributed by atoms with Crippen molar-refractivity contribution < 1.29 is 19.8 Å². The first-order chi connectivity index (χ1) is 17.5. The second-order valence-corrected chi connectivity index (χ2v) is 9.94. The van der Waals surface area contributed by atoms with Gasteiger partial charge < -0.3 is 14.7 Å². The van der Waals surface area contributed by atoms with Crippen LogP contribution < -0.4 is 10.2 Å². The van der Waals surface area contributed by atoms with Crippen LogP contribution in [0.5, 0.6) is 5.75 Å². The maximum Gasteiger partial charge on any atom is 0.249 e. The summed E-state index contributed by atoms with van der Waals surface area (Å²) in [6, 6.07) is 16.1. The van der Waals surface area contributed by atoms with Gasteiger partial charge in [0.25, 0.3) is 0 Å². The summed E-state index contributed by atoms with van der Waals surface area (Å²) >= 11 is 0. The SMILES string of the molecule is COc1ccc2ncc(C)c(C(O)CCC3(C(=O)NO)CCN(CCCc4ccccc4)CC3)c2c1. The van der Waals surface area contributed by atoms with E-state index in [0.717, 1.165) is 54.5 Å². The zero-order chi connectivity index (χ0) is 25.5. The summed E-state index contributed by atoms with van der Waals surface area (Å²) in [7, 11) is 1.62. The number of nitrogens with zero attached hydrogens (tertiary/aromatic N) is 2. The molecule has 0 saturated carbocycles. The number of aliphatic hydroxyl groups excluding tert-OH is 1. The van der Waals surface area contributed by atoms with Crippen molar-refractivity contribution in [2.75, 3.05) is 26.7 Å². The molecule has 1 aromatic heterocycles. The summed E-state index contributed by atoms with van der Waals surface area (Å²) in [5, 5.41) is 21.6. The number of aliphatic hydroxyl groups is 1. The highest BCUT2D eigenvalue weighted by Gasteiger charge is 2.41. The molecule has 2 aromatic carbocycles. The predicted octanol–water partition coefficient (Wildman–Crippen LogP) is 4.59. The normalized spacial score (nSPS) is 16.6. The Morgan fingerprint density at radius 3 is 2.64 bits per heavy atom. The van der Waals surface area contributed by atoms with Crippen LogP contribution >= 0.6 is 0 Å². The van der Waals surface area contributed by atoms with Crippen LogP contribution in [0.1, 0.15) is 54.9 Å². The lowest BCUT2D eigenvalue weighted by atomic mass is 9.73. The van der Waals surface area contributed by atoms with Gasteiger partial charge in [0.15, 0.2) is 0 Å². The third kappa shape index (κ3) is 5.86. The molecular formula is C29H37N3O4. The number of hydroxylamine groups is 1. The maximum atomic E-state index is 12.8. The van der Waals surface area contributed by atoms with Gasteiger partial charge in [0, 0.05) is 11.6 Å². The van der Waals surface area contributed by atoms with E-state index in [-0.39, 0.29) is 5.91 Å². The van der Waals surface area contributed by atoms with E-state index in [1.54, 1.807) is 13.3 Å². The minimum atomic E-state index is -0.755. The molecule has 7 heteroatoms. The molecular weight excluding hydrogens is 454 g/mol. The number of amides is 1. The van der Waals surface area contributed by atoms with E-state index in [1.165, 1.54) is 5.56 Å². The molecule has 1 aliphatic rings. The second kappa shape index (κ2) is 11.8. The van der Waals surface area contributed by atoms with Gasteiger partial charge in [-0.3, -0.25) is 15.0 Å². The lowest BCUT2D eigenvalue weighted by molar-refractivity contribution is -0.143. The van der Waals surface area contributed by atoms with Crippen molar-refractivity contribution >= 4 is 16.8 Å². The average molecular weight is 492 g/mol. The van der Waals surface area contributed by atoms with Crippen LogP contribution in [-0.2, 0) is 11.2 Å². The van der Waals surface area contributed by atoms with Gasteiger partial charge in [0.1, 0.15) is 5.75 Å². The Balaban J connectivity index is 1.40. The Hall–Kier alpha value is -3.00. The molecule has 1 amide bonds. The van der Waals surface area contributed by atoms with Gasteiger partial charge in [-0.2, -0.15) is 0 Å². The summed E-state index contributed by atoms with van der Waals surface area (Å²) in [4.78, 5) is 19.7. The van der Waals surface area contributed by atoms with Crippen LogP contribution in [0.25, 0.3) is 10.9 Å². The van der Waals surface area contributed by atoms with E-state index in [0.29, 0.717) is 31.4 Å². The second-order valence-electron chi connectivity index (χ2n) is 9.94. The summed E-state index contributed by atoms with van der Waals surface area (Å²) in [6.07, 6.45) is 5.34. The first-order valence-corrected chi connectivity index (χ1v) is 12.8. The number of pyridine rings is 1. The number of carbonyl (C=O) groups excluding carboxylic acids is 1. The summed E-state index contributed by atoms with van der Waals surface area (Å²) in [5.41, 5.74) is 5.07. The third-order valence-electron chi connectivity index (χ3n) is 7.72. The van der Waals surface area contributed by atoms with Crippen LogP contribution in [0.3, 0.4) is 0 Å². The topological polar surface area (TPSA) is 94.9 Å². The number of aromatic nitrogens is 1. The number of fused-ring (bicyclic) bond motifs is 1. The lowest BCUT2D eigenvalue weighted by Gasteiger charge is -2.40. The quantitative estimate of drug-likeness (QED) is 0.284. The molecule has 0 spiro atoms. The number of benzene rings is 2. The first kappa shape index (κ1) is 26.1. The summed E-state index contributed by atoms with van der Waals surface area (Å²) in [6.45, 7) is 4.52. The minimum Gasteiger partial charge on any atom is -0.497 e. The summed E-state index contributed by atoms with van der Waals surface area (Å²) in [5.74, 6) is 0.357. The molecule has 0 bridgehead atoms. The minimum absolute atomic E-state index is 0.350. The Bertz CT molecular complexity index is 1160. The number of ether oxygens (including phenoxy) is 1. The number of hydrogen-bond acceptors (Lipinski definition) is 6. The molecule has 1 atom stereocenters. The van der Waals surface area contributed by atoms with Crippen molar-refractivity contribution in [3.05, 3.63) is 71.4 Å². The number of piperidine rings is 1. The molecule has 3 aromatic rings. The van der Waals surface area contributed by atoms with E-state index < -0.39 is 11.5 Å². The van der Waals surface area contributed by atoms with E-state index in [9.17, 15) is 15.1 Å². The highest BCUT2D eigenvalue weighted by Crippen LogP contribution is 2.40. The maximum absolute atomic E-state index is 12.8. The highest BCUT2D eigenvalue weighted by molar-refractivity contribution is 5.85. The first-order valence-electron chi connectivity index (χ1n) is 12.8. The van der Waals surface area contributed by atoms with Crippen molar-refractivity contribution in [2.45, 2.75) is 51.6 Å². The molecule has 2 heterocycles. The van der Waals surface area contributed by atoms with Crippen molar-refractivity contribution in [2.24, 2.45) is 5.41 Å². The molecule has 3 N–H and O–H groups in total. The number of hydrogen-bond donors (Lipinski definition) is 3. The van der Waals surface area contributed by atoms with Gasteiger partial charge in [0.05, 0.1) is 24.1 Å². The number of likely N-dealkylation sites (tertiary alicyclic amines) is 1. The molecule has 4 rings (SSSR count). The van der Waals surface area contributed by atoms with Crippen LogP contribution in [0.4, 0.5) is 0 Å². The largest absolute Gasteiger partial charge is 0.497 e. The Labute approximate surface area is 213 Å². The molecule has 0 radical (unpaired) electrons. The smallest absolute Gasteiger partial charge is 0.249 e. The molecule has 1 aliphatic heterocycles. The molecule has 0 aliphatic carbocycles. The Morgan fingerprint density at radius 2 is 1.94 bits per heavy atom. The predicted molar refractivity (Wildman–Crippen MR) is 140 cm³/mol. The fourth-order valence-corrected chi connectivity index (χ4v) is 5.48. The Morgan fingerprint density at radius 1 is 1.19 bits per heavy atom. The van der Waals surface area contributed by atoms with E-state index in [2.05, 4.69) is 34.1 Å². The van der Waals surface area contributed by atoms with Crippen molar-refractivity contribution in [3.63, 3.8) is 0 Å². The number of rotatable bonds is 10. The molecule has 7 nitrogen and oxygen atoms in total. The molecule has 36 heavy (non-hydrogen) atoms. The zero-order valence-electron chi connectivity index (χ0n) is 21.2. The van der Waals surface area contributed by atoms with E-state index >= 15 is 0 Å². The van der Waals surface area contributed by atoms with Crippen LogP contribution in [0.15, 0.2) is 54.7 Å². The number of methoxy groups -OCH3 is 1. The van der Waals surface area contributed by atoms with Crippen LogP contribution in [0.2, 0.25) is 0 Å². The van der Waals surface area contributed by atoms with Gasteiger partial charge >= 0.3 is 0 Å². The highest BCUT2D eigenvalue weighted by atomic mass is 16.5. The summed E-state index contributed by atoms with van der Waals surface area (Å²) < 4.78 is 5.38. The van der Waals surface area contributed by atoms with Crippen molar-refractivity contribution in [1.82, 2.24) is 15.4 Å². The van der Waals surface area contributed by atoms with Crippen LogP contribution in [-0.4, -0.2) is 52.8 Å². The van der Waals surface area contributed by atoms with Crippen molar-refractivity contribution in [3.8, 4) is 5.75 Å². The molecule has 1 saturated heterocycles. The van der Waals surface area contributed by atoms with Gasteiger partial charge in [-0.1, -0.05) is 30.3 Å². The third-order valence-corrected chi connectivity index (χ3v) is 7.72. The number of carbonyl (C=O) groups is 1. The average Bonchev–Trinajstić information content (AvgIpc) is 2.92.